The molecular formula is C12H17ClN2. The molecule has 0 radical (unpaired) electrons. The fourth-order valence-electron chi connectivity index (χ4n) is 1.81. The molecule has 1 aliphatic rings. The quantitative estimate of drug-likeness (QED) is 0.797. The SMILES string of the molecule is CCN(CC1CC1)c1cccc(Cl)c1N. The average molecular weight is 225 g/mol. The van der Waals surface area contributed by atoms with Crippen LogP contribution in [-0.2, 0) is 0 Å². The third-order valence-electron chi connectivity index (χ3n) is 2.93. The van der Waals surface area contributed by atoms with Crippen molar-refractivity contribution in [1.82, 2.24) is 0 Å². The molecule has 0 aliphatic heterocycles. The molecule has 3 heteroatoms. The van der Waals surface area contributed by atoms with Crippen LogP contribution >= 0.6 is 11.6 Å². The van der Waals surface area contributed by atoms with Crippen LogP contribution in [0.2, 0.25) is 5.02 Å². The van der Waals surface area contributed by atoms with E-state index in [1.807, 2.05) is 18.2 Å². The topological polar surface area (TPSA) is 29.3 Å². The summed E-state index contributed by atoms with van der Waals surface area (Å²) in [4.78, 5) is 2.32. The zero-order valence-electron chi connectivity index (χ0n) is 9.04. The van der Waals surface area contributed by atoms with E-state index >= 15 is 0 Å². The molecule has 2 N–H and O–H groups in total. The number of anilines is 2. The molecule has 1 fully saturated rings. The Morgan fingerprint density at radius 1 is 1.47 bits per heavy atom. The number of halogens is 1. The first kappa shape index (κ1) is 10.6. The average Bonchev–Trinajstić information content (AvgIpc) is 3.03. The molecule has 0 amide bonds. The highest BCUT2D eigenvalue weighted by Gasteiger charge is 2.24. The van der Waals surface area contributed by atoms with E-state index in [4.69, 9.17) is 17.3 Å². The summed E-state index contributed by atoms with van der Waals surface area (Å²) in [6.45, 7) is 4.25. The zero-order valence-corrected chi connectivity index (χ0v) is 9.80. The van der Waals surface area contributed by atoms with Crippen molar-refractivity contribution in [2.24, 2.45) is 5.92 Å². The van der Waals surface area contributed by atoms with Gasteiger partial charge in [0.05, 0.1) is 16.4 Å². The Morgan fingerprint density at radius 3 is 2.80 bits per heavy atom. The lowest BCUT2D eigenvalue weighted by Crippen LogP contribution is -2.26. The molecule has 82 valence electrons. The molecule has 1 aromatic rings. The van der Waals surface area contributed by atoms with Gasteiger partial charge >= 0.3 is 0 Å². The maximum Gasteiger partial charge on any atom is 0.0741 e. The van der Waals surface area contributed by atoms with E-state index in [2.05, 4.69) is 11.8 Å². The molecule has 0 saturated heterocycles. The second-order valence-corrected chi connectivity index (χ2v) is 4.56. The molecule has 0 atom stereocenters. The van der Waals surface area contributed by atoms with Gasteiger partial charge in [-0.3, -0.25) is 0 Å². The Balaban J connectivity index is 2.20. The molecule has 1 saturated carbocycles. The van der Waals surface area contributed by atoms with Crippen LogP contribution in [0.15, 0.2) is 18.2 Å². The van der Waals surface area contributed by atoms with Crippen molar-refractivity contribution in [3.63, 3.8) is 0 Å². The fraction of sp³-hybridized carbons (Fsp3) is 0.500. The standard InChI is InChI=1S/C12H17ClN2/c1-2-15(8-9-6-7-9)11-5-3-4-10(13)12(11)14/h3-5,9H,2,6-8,14H2,1H3. The van der Waals surface area contributed by atoms with Gasteiger partial charge in [0.25, 0.3) is 0 Å². The van der Waals surface area contributed by atoms with E-state index in [1.165, 1.54) is 12.8 Å². The number of para-hydroxylation sites is 1. The van der Waals surface area contributed by atoms with Crippen molar-refractivity contribution in [3.05, 3.63) is 23.2 Å². The van der Waals surface area contributed by atoms with E-state index in [9.17, 15) is 0 Å². The largest absolute Gasteiger partial charge is 0.396 e. The third-order valence-corrected chi connectivity index (χ3v) is 3.26. The predicted octanol–water partition coefficient (Wildman–Crippen LogP) is 3.16. The summed E-state index contributed by atoms with van der Waals surface area (Å²) in [5.74, 6) is 0.864. The zero-order chi connectivity index (χ0) is 10.8. The van der Waals surface area contributed by atoms with Gasteiger partial charge in [-0.05, 0) is 37.8 Å². The van der Waals surface area contributed by atoms with Crippen LogP contribution in [0.25, 0.3) is 0 Å². The minimum atomic E-state index is 0.654. The van der Waals surface area contributed by atoms with Gasteiger partial charge < -0.3 is 10.6 Å². The van der Waals surface area contributed by atoms with Gasteiger partial charge in [0.15, 0.2) is 0 Å². The highest BCUT2D eigenvalue weighted by atomic mass is 35.5. The number of nitrogens with two attached hydrogens (primary N) is 1. The van der Waals surface area contributed by atoms with Gasteiger partial charge in [0.2, 0.25) is 0 Å². The van der Waals surface area contributed by atoms with Crippen LogP contribution in [-0.4, -0.2) is 13.1 Å². The van der Waals surface area contributed by atoms with E-state index in [0.29, 0.717) is 10.7 Å². The smallest absolute Gasteiger partial charge is 0.0741 e. The Morgan fingerprint density at radius 2 is 2.20 bits per heavy atom. The monoisotopic (exact) mass is 224 g/mol. The third kappa shape index (κ3) is 2.37. The van der Waals surface area contributed by atoms with E-state index < -0.39 is 0 Å². The first-order chi connectivity index (χ1) is 7.22. The van der Waals surface area contributed by atoms with Crippen LogP contribution in [0.1, 0.15) is 19.8 Å². The molecule has 2 rings (SSSR count). The maximum atomic E-state index is 6.02. The molecule has 0 bridgehead atoms. The summed E-state index contributed by atoms with van der Waals surface area (Å²) in [6, 6.07) is 5.85. The van der Waals surface area contributed by atoms with Crippen molar-refractivity contribution in [1.29, 1.82) is 0 Å². The second-order valence-electron chi connectivity index (χ2n) is 4.15. The Kier molecular flexibility index (Phi) is 3.06. The minimum absolute atomic E-state index is 0.654. The summed E-state index contributed by atoms with van der Waals surface area (Å²) in [6.07, 6.45) is 2.72. The van der Waals surface area contributed by atoms with Crippen molar-refractivity contribution in [3.8, 4) is 0 Å². The number of benzene rings is 1. The second kappa shape index (κ2) is 4.31. The Labute approximate surface area is 96.0 Å². The lowest BCUT2D eigenvalue weighted by molar-refractivity contribution is 0.743. The maximum absolute atomic E-state index is 6.02. The van der Waals surface area contributed by atoms with Gasteiger partial charge in [-0.2, -0.15) is 0 Å². The Bertz CT molecular complexity index is 347. The highest BCUT2D eigenvalue weighted by molar-refractivity contribution is 6.33. The summed E-state index contributed by atoms with van der Waals surface area (Å²) in [7, 11) is 0. The first-order valence-electron chi connectivity index (χ1n) is 5.51. The molecule has 0 spiro atoms. The molecule has 0 heterocycles. The van der Waals surface area contributed by atoms with Gasteiger partial charge in [-0.15, -0.1) is 0 Å². The minimum Gasteiger partial charge on any atom is -0.396 e. The fourth-order valence-corrected chi connectivity index (χ4v) is 1.98. The number of nitrogen functional groups attached to an aromatic ring is 1. The van der Waals surface area contributed by atoms with Gasteiger partial charge in [0.1, 0.15) is 0 Å². The summed E-state index contributed by atoms with van der Waals surface area (Å²) < 4.78 is 0. The number of rotatable bonds is 4. The molecule has 0 unspecified atom stereocenters. The number of nitrogens with zero attached hydrogens (tertiary/aromatic N) is 1. The normalized spacial score (nSPS) is 15.3. The van der Waals surface area contributed by atoms with E-state index in [-0.39, 0.29) is 0 Å². The number of hydrogen-bond acceptors (Lipinski definition) is 2. The summed E-state index contributed by atoms with van der Waals surface area (Å²) >= 11 is 6.02. The van der Waals surface area contributed by atoms with Crippen LogP contribution in [0.4, 0.5) is 11.4 Å². The predicted molar refractivity (Wildman–Crippen MR) is 66.5 cm³/mol. The van der Waals surface area contributed by atoms with Gasteiger partial charge in [0, 0.05) is 13.1 Å². The van der Waals surface area contributed by atoms with Crippen LogP contribution in [0.5, 0.6) is 0 Å². The van der Waals surface area contributed by atoms with Crippen LogP contribution in [0.3, 0.4) is 0 Å². The summed E-state index contributed by atoms with van der Waals surface area (Å²) in [5, 5.41) is 0.654. The molecule has 15 heavy (non-hydrogen) atoms. The number of hydrogen-bond donors (Lipinski definition) is 1. The van der Waals surface area contributed by atoms with E-state index in [1.54, 1.807) is 0 Å². The lowest BCUT2D eigenvalue weighted by atomic mass is 10.2. The summed E-state index contributed by atoms with van der Waals surface area (Å²) in [5.41, 5.74) is 7.77. The lowest BCUT2D eigenvalue weighted by Gasteiger charge is -2.24. The first-order valence-corrected chi connectivity index (χ1v) is 5.89. The van der Waals surface area contributed by atoms with Crippen molar-refractivity contribution in [2.45, 2.75) is 19.8 Å². The van der Waals surface area contributed by atoms with Crippen molar-refractivity contribution in [2.75, 3.05) is 23.7 Å². The van der Waals surface area contributed by atoms with Crippen LogP contribution in [0, 0.1) is 5.92 Å². The molecular weight excluding hydrogens is 208 g/mol. The van der Waals surface area contributed by atoms with E-state index in [0.717, 1.165) is 24.7 Å². The van der Waals surface area contributed by atoms with Crippen molar-refractivity contribution >= 4 is 23.0 Å². The van der Waals surface area contributed by atoms with Gasteiger partial charge in [-0.1, -0.05) is 17.7 Å². The van der Waals surface area contributed by atoms with Crippen LogP contribution < -0.4 is 10.6 Å². The highest BCUT2D eigenvalue weighted by Crippen LogP contribution is 2.35. The van der Waals surface area contributed by atoms with Gasteiger partial charge in [-0.25, -0.2) is 0 Å². The Hall–Kier alpha value is -0.890. The molecule has 1 aromatic carbocycles. The van der Waals surface area contributed by atoms with Crippen molar-refractivity contribution < 1.29 is 0 Å². The molecule has 0 aromatic heterocycles. The molecule has 2 nitrogen and oxygen atoms in total. The molecule has 1 aliphatic carbocycles.